The molecule has 0 radical (unpaired) electrons. The van der Waals surface area contributed by atoms with E-state index in [1.54, 1.807) is 30.3 Å². The zero-order valence-corrected chi connectivity index (χ0v) is 13.3. The van der Waals surface area contributed by atoms with Crippen molar-refractivity contribution in [1.82, 2.24) is 0 Å². The van der Waals surface area contributed by atoms with Gasteiger partial charge in [0.25, 0.3) is 0 Å². The number of ether oxygens (including phenoxy) is 1. The molecule has 3 nitrogen and oxygen atoms in total. The summed E-state index contributed by atoms with van der Waals surface area (Å²) >= 11 is 5.88. The average molecular weight is 334 g/mol. The maximum atomic E-state index is 12.1. The van der Waals surface area contributed by atoms with E-state index in [-0.39, 0.29) is 5.70 Å². The Labute approximate surface area is 143 Å². The number of fused-ring (bicyclic) bond motifs is 1. The molecule has 0 aliphatic carbocycles. The molecular weight excluding hydrogens is 322 g/mol. The van der Waals surface area contributed by atoms with Gasteiger partial charge in [0, 0.05) is 10.6 Å². The maximum absolute atomic E-state index is 12.1. The van der Waals surface area contributed by atoms with Crippen LogP contribution in [0.15, 0.2) is 77.4 Å². The van der Waals surface area contributed by atoms with Gasteiger partial charge in [-0.3, -0.25) is 0 Å². The highest BCUT2D eigenvalue weighted by atomic mass is 35.5. The van der Waals surface area contributed by atoms with Gasteiger partial charge in [-0.05, 0) is 46.7 Å². The van der Waals surface area contributed by atoms with E-state index in [2.05, 4.69) is 4.99 Å². The number of hydrogen-bond donors (Lipinski definition) is 0. The second-order valence-electron chi connectivity index (χ2n) is 5.41. The summed E-state index contributed by atoms with van der Waals surface area (Å²) in [5.41, 5.74) is 1.94. The first-order chi connectivity index (χ1) is 11.7. The number of hydrogen-bond acceptors (Lipinski definition) is 3. The van der Waals surface area contributed by atoms with Crippen LogP contribution in [0.2, 0.25) is 5.02 Å². The summed E-state index contributed by atoms with van der Waals surface area (Å²) in [5, 5.41) is 2.80. The van der Waals surface area contributed by atoms with Gasteiger partial charge >= 0.3 is 5.97 Å². The Morgan fingerprint density at radius 2 is 1.67 bits per heavy atom. The first kappa shape index (κ1) is 14.7. The summed E-state index contributed by atoms with van der Waals surface area (Å²) in [6.07, 6.45) is 1.76. The Balaban J connectivity index is 1.76. The summed E-state index contributed by atoms with van der Waals surface area (Å²) < 4.78 is 5.28. The highest BCUT2D eigenvalue weighted by Crippen LogP contribution is 2.24. The number of carbonyl (C=O) groups is 1. The summed E-state index contributed by atoms with van der Waals surface area (Å²) in [6.45, 7) is 0. The van der Waals surface area contributed by atoms with Crippen LogP contribution in [0.5, 0.6) is 0 Å². The van der Waals surface area contributed by atoms with Crippen LogP contribution in [0.3, 0.4) is 0 Å². The number of nitrogens with zero attached hydrogens (tertiary/aromatic N) is 1. The molecule has 0 saturated carbocycles. The molecular formula is C20H12ClNO2. The Hall–Kier alpha value is -2.91. The number of rotatable bonds is 2. The van der Waals surface area contributed by atoms with Crippen molar-refractivity contribution < 1.29 is 9.53 Å². The predicted octanol–water partition coefficient (Wildman–Crippen LogP) is 4.84. The molecule has 0 aromatic heterocycles. The Bertz CT molecular complexity index is 998. The quantitative estimate of drug-likeness (QED) is 0.497. The maximum Gasteiger partial charge on any atom is 0.363 e. The van der Waals surface area contributed by atoms with Gasteiger partial charge in [-0.2, -0.15) is 0 Å². The van der Waals surface area contributed by atoms with Gasteiger partial charge < -0.3 is 4.74 Å². The molecule has 0 saturated heterocycles. The predicted molar refractivity (Wildman–Crippen MR) is 96.0 cm³/mol. The van der Waals surface area contributed by atoms with Gasteiger partial charge in [0.1, 0.15) is 0 Å². The zero-order chi connectivity index (χ0) is 16.5. The second kappa shape index (κ2) is 5.95. The molecule has 4 rings (SSSR count). The normalized spacial score (nSPS) is 15.6. The monoisotopic (exact) mass is 333 g/mol. The molecule has 0 amide bonds. The number of benzene rings is 3. The minimum Gasteiger partial charge on any atom is -0.402 e. The molecule has 116 valence electrons. The van der Waals surface area contributed by atoms with E-state index in [9.17, 15) is 4.79 Å². The third kappa shape index (κ3) is 2.70. The van der Waals surface area contributed by atoms with Crippen LogP contribution < -0.4 is 0 Å². The molecule has 3 aromatic rings. The van der Waals surface area contributed by atoms with Crippen molar-refractivity contribution >= 4 is 40.3 Å². The van der Waals surface area contributed by atoms with E-state index in [1.165, 1.54) is 0 Å². The lowest BCUT2D eigenvalue weighted by Gasteiger charge is -2.01. The lowest BCUT2D eigenvalue weighted by molar-refractivity contribution is -0.129. The largest absolute Gasteiger partial charge is 0.402 e. The van der Waals surface area contributed by atoms with Crippen LogP contribution in [-0.4, -0.2) is 11.9 Å². The summed E-state index contributed by atoms with van der Waals surface area (Å²) in [5.74, 6) is -0.156. The highest BCUT2D eigenvalue weighted by Gasteiger charge is 2.24. The van der Waals surface area contributed by atoms with Crippen LogP contribution in [-0.2, 0) is 9.53 Å². The van der Waals surface area contributed by atoms with Crippen LogP contribution in [0.4, 0.5) is 0 Å². The lowest BCUT2D eigenvalue weighted by Crippen LogP contribution is -2.05. The minimum atomic E-state index is -0.451. The molecule has 24 heavy (non-hydrogen) atoms. The molecule has 1 aliphatic heterocycles. The highest BCUT2D eigenvalue weighted by molar-refractivity contribution is 6.30. The van der Waals surface area contributed by atoms with Gasteiger partial charge in [0.2, 0.25) is 5.90 Å². The summed E-state index contributed by atoms with van der Waals surface area (Å²) in [6, 6.07) is 21.0. The number of cyclic esters (lactones) is 1. The van der Waals surface area contributed by atoms with Gasteiger partial charge in [0.05, 0.1) is 0 Å². The Kier molecular flexibility index (Phi) is 3.63. The number of aliphatic imine (C=N–C) groups is 1. The van der Waals surface area contributed by atoms with E-state index >= 15 is 0 Å². The van der Waals surface area contributed by atoms with Crippen molar-refractivity contribution in [3.05, 3.63) is 88.6 Å². The number of carbonyl (C=O) groups excluding carboxylic acids is 1. The third-order valence-electron chi connectivity index (χ3n) is 3.83. The molecule has 3 aromatic carbocycles. The molecule has 0 unspecified atom stereocenters. The summed E-state index contributed by atoms with van der Waals surface area (Å²) in [7, 11) is 0. The molecule has 0 fully saturated rings. The van der Waals surface area contributed by atoms with E-state index < -0.39 is 5.97 Å². The fourth-order valence-electron chi connectivity index (χ4n) is 2.65. The fraction of sp³-hybridized carbons (Fsp3) is 0. The smallest absolute Gasteiger partial charge is 0.363 e. The third-order valence-corrected chi connectivity index (χ3v) is 4.08. The van der Waals surface area contributed by atoms with Crippen molar-refractivity contribution in [2.75, 3.05) is 0 Å². The molecule has 0 N–H and O–H groups in total. The van der Waals surface area contributed by atoms with Gasteiger partial charge in [0.15, 0.2) is 5.70 Å². The van der Waals surface area contributed by atoms with Gasteiger partial charge in [-0.25, -0.2) is 9.79 Å². The van der Waals surface area contributed by atoms with Crippen LogP contribution in [0.1, 0.15) is 11.1 Å². The van der Waals surface area contributed by atoms with Crippen molar-refractivity contribution in [3.8, 4) is 0 Å². The summed E-state index contributed by atoms with van der Waals surface area (Å²) in [4.78, 5) is 16.5. The Morgan fingerprint density at radius 1 is 0.917 bits per heavy atom. The fourth-order valence-corrected chi connectivity index (χ4v) is 2.77. The van der Waals surface area contributed by atoms with E-state index in [4.69, 9.17) is 16.3 Å². The number of halogens is 1. The SMILES string of the molecule is O=C1OC(c2ccc(Cl)cc2)=N/C1=C/c1cccc2ccccc12. The first-order valence-electron chi connectivity index (χ1n) is 7.47. The topological polar surface area (TPSA) is 38.7 Å². The van der Waals surface area contributed by atoms with Crippen molar-refractivity contribution in [2.45, 2.75) is 0 Å². The van der Waals surface area contributed by atoms with Crippen LogP contribution in [0, 0.1) is 0 Å². The Morgan fingerprint density at radius 3 is 2.50 bits per heavy atom. The molecule has 0 bridgehead atoms. The second-order valence-corrected chi connectivity index (χ2v) is 5.85. The number of esters is 1. The van der Waals surface area contributed by atoms with Crippen LogP contribution in [0.25, 0.3) is 16.8 Å². The van der Waals surface area contributed by atoms with Gasteiger partial charge in [-0.1, -0.05) is 54.1 Å². The molecule has 4 heteroatoms. The minimum absolute atomic E-state index is 0.288. The van der Waals surface area contributed by atoms with E-state index in [0.717, 1.165) is 16.3 Å². The van der Waals surface area contributed by atoms with Crippen molar-refractivity contribution in [2.24, 2.45) is 4.99 Å². The average Bonchev–Trinajstić information content (AvgIpc) is 2.97. The standard InChI is InChI=1S/C20H12ClNO2/c21-16-10-8-14(9-11-16)19-22-18(20(23)24-19)12-15-6-3-5-13-4-1-2-7-17(13)15/h1-12H/b18-12+. The van der Waals surface area contributed by atoms with Crippen molar-refractivity contribution in [3.63, 3.8) is 0 Å². The molecule has 0 spiro atoms. The zero-order valence-electron chi connectivity index (χ0n) is 12.6. The molecule has 0 atom stereocenters. The lowest BCUT2D eigenvalue weighted by atomic mass is 10.0. The van der Waals surface area contributed by atoms with Crippen molar-refractivity contribution in [1.29, 1.82) is 0 Å². The van der Waals surface area contributed by atoms with Gasteiger partial charge in [-0.15, -0.1) is 0 Å². The molecule has 1 heterocycles. The van der Waals surface area contributed by atoms with E-state index in [1.807, 2.05) is 42.5 Å². The molecule has 1 aliphatic rings. The van der Waals surface area contributed by atoms with Crippen LogP contribution >= 0.6 is 11.6 Å². The van der Waals surface area contributed by atoms with E-state index in [0.29, 0.717) is 16.5 Å². The first-order valence-corrected chi connectivity index (χ1v) is 7.85.